The van der Waals surface area contributed by atoms with Crippen molar-refractivity contribution < 1.29 is 13.9 Å². The number of hydrogen-bond acceptors (Lipinski definition) is 6. The van der Waals surface area contributed by atoms with Crippen LogP contribution in [0.15, 0.2) is 88.9 Å². The second-order valence-electron chi connectivity index (χ2n) is 6.97. The van der Waals surface area contributed by atoms with E-state index in [1.807, 2.05) is 12.1 Å². The summed E-state index contributed by atoms with van der Waals surface area (Å²) in [7, 11) is 0. The molecule has 0 saturated heterocycles. The van der Waals surface area contributed by atoms with Gasteiger partial charge in [0.05, 0.1) is 17.0 Å². The standard InChI is InChI=1S/C24H17N3O4/c1-2-14-30-16-10-8-15(9-11-16)20-19-21(28)17-6-3-4-7-18(17)31-22(19)23(29)27(20)24-25-12-5-13-26-24/h2-13,20H,1,14H2. The lowest BCUT2D eigenvalue weighted by Crippen LogP contribution is -2.31. The van der Waals surface area contributed by atoms with E-state index in [9.17, 15) is 9.59 Å². The minimum atomic E-state index is -0.723. The van der Waals surface area contributed by atoms with Crippen LogP contribution in [0.5, 0.6) is 5.75 Å². The molecule has 0 aliphatic carbocycles. The van der Waals surface area contributed by atoms with Crippen LogP contribution in [0, 0.1) is 0 Å². The van der Waals surface area contributed by atoms with Gasteiger partial charge in [-0.15, -0.1) is 0 Å². The molecule has 31 heavy (non-hydrogen) atoms. The highest BCUT2D eigenvalue weighted by Crippen LogP contribution is 2.40. The number of amides is 1. The fourth-order valence-electron chi connectivity index (χ4n) is 3.76. The maximum atomic E-state index is 13.4. The van der Waals surface area contributed by atoms with E-state index in [0.29, 0.717) is 28.9 Å². The molecule has 0 radical (unpaired) electrons. The third-order valence-corrected chi connectivity index (χ3v) is 5.11. The molecule has 2 aromatic heterocycles. The van der Waals surface area contributed by atoms with Crippen molar-refractivity contribution in [3.63, 3.8) is 0 Å². The fourth-order valence-corrected chi connectivity index (χ4v) is 3.76. The van der Waals surface area contributed by atoms with Gasteiger partial charge >= 0.3 is 0 Å². The predicted molar refractivity (Wildman–Crippen MR) is 115 cm³/mol. The third kappa shape index (κ3) is 3.07. The van der Waals surface area contributed by atoms with E-state index in [4.69, 9.17) is 9.15 Å². The molecule has 0 spiro atoms. The van der Waals surface area contributed by atoms with Gasteiger partial charge in [0, 0.05) is 12.4 Å². The Kier molecular flexibility index (Phi) is 4.55. The first-order valence-corrected chi connectivity index (χ1v) is 9.69. The van der Waals surface area contributed by atoms with Gasteiger partial charge in [0.15, 0.2) is 5.43 Å². The summed E-state index contributed by atoms with van der Waals surface area (Å²) in [5.41, 5.74) is 1.10. The van der Waals surface area contributed by atoms with Crippen LogP contribution in [0.3, 0.4) is 0 Å². The zero-order chi connectivity index (χ0) is 21.4. The number of carbonyl (C=O) groups is 1. The maximum Gasteiger partial charge on any atom is 0.297 e. The average Bonchev–Trinajstić information content (AvgIpc) is 3.11. The predicted octanol–water partition coefficient (Wildman–Crippen LogP) is 3.90. The molecule has 1 amide bonds. The number of para-hydroxylation sites is 1. The number of ether oxygens (including phenoxy) is 1. The van der Waals surface area contributed by atoms with Crippen molar-refractivity contribution in [1.29, 1.82) is 0 Å². The smallest absolute Gasteiger partial charge is 0.297 e. The van der Waals surface area contributed by atoms with Crippen molar-refractivity contribution in [2.24, 2.45) is 0 Å². The summed E-state index contributed by atoms with van der Waals surface area (Å²) < 4.78 is 11.4. The lowest BCUT2D eigenvalue weighted by Gasteiger charge is -2.23. The van der Waals surface area contributed by atoms with E-state index in [0.717, 1.165) is 0 Å². The molecule has 7 heteroatoms. The second kappa shape index (κ2) is 7.53. The number of anilines is 1. The van der Waals surface area contributed by atoms with Crippen LogP contribution in [-0.2, 0) is 0 Å². The molecule has 1 unspecified atom stereocenters. The van der Waals surface area contributed by atoms with Crippen molar-refractivity contribution in [2.45, 2.75) is 6.04 Å². The largest absolute Gasteiger partial charge is 0.490 e. The quantitative estimate of drug-likeness (QED) is 0.463. The monoisotopic (exact) mass is 411 g/mol. The Morgan fingerprint density at radius 3 is 2.52 bits per heavy atom. The summed E-state index contributed by atoms with van der Waals surface area (Å²) in [6, 6.07) is 15.0. The van der Waals surface area contributed by atoms with Gasteiger partial charge in [-0.1, -0.05) is 36.9 Å². The summed E-state index contributed by atoms with van der Waals surface area (Å²) in [5.74, 6) is 0.398. The summed E-state index contributed by atoms with van der Waals surface area (Å²) in [4.78, 5) is 36.7. The van der Waals surface area contributed by atoms with Crippen LogP contribution in [0.4, 0.5) is 5.95 Å². The Labute approximate surface area is 177 Å². The van der Waals surface area contributed by atoms with Crippen LogP contribution in [0.1, 0.15) is 27.7 Å². The molecule has 0 N–H and O–H groups in total. The van der Waals surface area contributed by atoms with E-state index in [1.165, 1.54) is 4.90 Å². The van der Waals surface area contributed by atoms with Crippen LogP contribution in [0.2, 0.25) is 0 Å². The molecule has 0 bridgehead atoms. The minimum absolute atomic E-state index is 0.00753. The Morgan fingerprint density at radius 2 is 1.77 bits per heavy atom. The molecular weight excluding hydrogens is 394 g/mol. The molecule has 0 fully saturated rings. The van der Waals surface area contributed by atoms with Gasteiger partial charge in [0.1, 0.15) is 17.9 Å². The SMILES string of the molecule is C=CCOc1ccc(C2c3c(oc4ccccc4c3=O)C(=O)N2c2ncccn2)cc1. The van der Waals surface area contributed by atoms with Crippen LogP contribution in [0.25, 0.3) is 11.0 Å². The molecule has 1 aliphatic heterocycles. The van der Waals surface area contributed by atoms with Gasteiger partial charge in [0.2, 0.25) is 11.7 Å². The summed E-state index contributed by atoms with van der Waals surface area (Å²) >= 11 is 0. The molecule has 1 atom stereocenters. The van der Waals surface area contributed by atoms with Gasteiger partial charge < -0.3 is 9.15 Å². The van der Waals surface area contributed by atoms with E-state index < -0.39 is 11.9 Å². The molecule has 0 saturated carbocycles. The first kappa shape index (κ1) is 18.7. The maximum absolute atomic E-state index is 13.4. The van der Waals surface area contributed by atoms with Gasteiger partial charge in [-0.3, -0.25) is 14.5 Å². The zero-order valence-corrected chi connectivity index (χ0v) is 16.4. The second-order valence-corrected chi connectivity index (χ2v) is 6.97. The van der Waals surface area contributed by atoms with Gasteiger partial charge in [0.25, 0.3) is 5.91 Å². The molecule has 1 aliphatic rings. The lowest BCUT2D eigenvalue weighted by atomic mass is 9.98. The van der Waals surface area contributed by atoms with Crippen LogP contribution < -0.4 is 15.1 Å². The molecule has 4 aromatic rings. The van der Waals surface area contributed by atoms with E-state index in [2.05, 4.69) is 16.5 Å². The van der Waals surface area contributed by atoms with Crippen LogP contribution >= 0.6 is 0 Å². The van der Waals surface area contributed by atoms with Crippen molar-refractivity contribution >= 4 is 22.8 Å². The highest BCUT2D eigenvalue weighted by atomic mass is 16.5. The Hall–Kier alpha value is -4.26. The minimum Gasteiger partial charge on any atom is -0.490 e. The summed E-state index contributed by atoms with van der Waals surface area (Å²) in [5, 5.41) is 0.417. The number of aromatic nitrogens is 2. The van der Waals surface area contributed by atoms with E-state index in [-0.39, 0.29) is 22.7 Å². The number of carbonyl (C=O) groups excluding carboxylic acids is 1. The molecule has 152 valence electrons. The number of benzene rings is 2. The normalized spacial score (nSPS) is 15.2. The van der Waals surface area contributed by atoms with Crippen molar-refractivity contribution in [2.75, 3.05) is 11.5 Å². The molecule has 7 nitrogen and oxygen atoms in total. The molecule has 2 aromatic carbocycles. The number of nitrogens with zero attached hydrogens (tertiary/aromatic N) is 3. The molecule has 5 rings (SSSR count). The number of hydrogen-bond donors (Lipinski definition) is 0. The lowest BCUT2D eigenvalue weighted by molar-refractivity contribution is 0.0969. The number of rotatable bonds is 5. The van der Waals surface area contributed by atoms with Crippen molar-refractivity contribution in [1.82, 2.24) is 9.97 Å². The molecule has 3 heterocycles. The van der Waals surface area contributed by atoms with Crippen molar-refractivity contribution in [3.05, 3.63) is 107 Å². The average molecular weight is 411 g/mol. The highest BCUT2D eigenvalue weighted by molar-refractivity contribution is 6.09. The molecular formula is C24H17N3O4. The fraction of sp³-hybridized carbons (Fsp3) is 0.0833. The van der Waals surface area contributed by atoms with Gasteiger partial charge in [-0.2, -0.15) is 0 Å². The van der Waals surface area contributed by atoms with E-state index in [1.54, 1.807) is 60.9 Å². The zero-order valence-electron chi connectivity index (χ0n) is 16.4. The van der Waals surface area contributed by atoms with Crippen LogP contribution in [-0.4, -0.2) is 22.5 Å². The number of fused-ring (bicyclic) bond motifs is 2. The highest BCUT2D eigenvalue weighted by Gasteiger charge is 2.44. The first-order valence-electron chi connectivity index (χ1n) is 9.69. The Morgan fingerprint density at radius 1 is 1.03 bits per heavy atom. The first-order chi connectivity index (χ1) is 15.2. The Bertz CT molecular complexity index is 1350. The van der Waals surface area contributed by atoms with Crippen molar-refractivity contribution in [3.8, 4) is 5.75 Å². The van der Waals surface area contributed by atoms with Gasteiger partial charge in [-0.05, 0) is 35.9 Å². The summed E-state index contributed by atoms with van der Waals surface area (Å²) in [6.07, 6.45) is 4.76. The van der Waals surface area contributed by atoms with Gasteiger partial charge in [-0.25, -0.2) is 9.97 Å². The summed E-state index contributed by atoms with van der Waals surface area (Å²) in [6.45, 7) is 4.02. The third-order valence-electron chi connectivity index (χ3n) is 5.11. The topological polar surface area (TPSA) is 85.5 Å². The van der Waals surface area contributed by atoms with E-state index >= 15 is 0 Å². The Balaban J connectivity index is 1.72.